The van der Waals surface area contributed by atoms with Crippen LogP contribution in [0, 0.1) is 0 Å². The van der Waals surface area contributed by atoms with Crippen LogP contribution in [0.1, 0.15) is 27.9 Å². The highest BCUT2D eigenvalue weighted by atomic mass is 35.5. The van der Waals surface area contributed by atoms with Crippen LogP contribution in [0.15, 0.2) is 12.1 Å². The molecule has 1 heterocycles. The second kappa shape index (κ2) is 4.19. The molecule has 0 amide bonds. The Labute approximate surface area is 85.9 Å². The van der Waals surface area contributed by atoms with Gasteiger partial charge in [0.15, 0.2) is 11.5 Å². The molecular weight excluding hydrogens is 206 g/mol. The summed E-state index contributed by atoms with van der Waals surface area (Å²) < 4.78 is 4.45. The third kappa shape index (κ3) is 2.29. The van der Waals surface area contributed by atoms with Crippen molar-refractivity contribution < 1.29 is 14.3 Å². The van der Waals surface area contributed by atoms with Crippen LogP contribution in [0.3, 0.4) is 0 Å². The number of carbonyl (C=O) groups excluding carboxylic acids is 2. The number of nitrogens with zero attached hydrogens (tertiary/aromatic N) is 1. The molecule has 0 spiro atoms. The average molecular weight is 214 g/mol. The lowest BCUT2D eigenvalue weighted by Gasteiger charge is -2.01. The van der Waals surface area contributed by atoms with Gasteiger partial charge in [-0.2, -0.15) is 0 Å². The van der Waals surface area contributed by atoms with Crippen molar-refractivity contribution in [1.29, 1.82) is 0 Å². The van der Waals surface area contributed by atoms with Crippen LogP contribution >= 0.6 is 11.6 Å². The van der Waals surface area contributed by atoms with Gasteiger partial charge in [-0.15, -0.1) is 0 Å². The molecule has 5 heteroatoms. The summed E-state index contributed by atoms with van der Waals surface area (Å²) in [5, 5.41) is 0.283. The van der Waals surface area contributed by atoms with Crippen molar-refractivity contribution in [2.24, 2.45) is 0 Å². The first-order valence-corrected chi connectivity index (χ1v) is 4.19. The summed E-state index contributed by atoms with van der Waals surface area (Å²) in [4.78, 5) is 25.9. The molecule has 14 heavy (non-hydrogen) atoms. The van der Waals surface area contributed by atoms with Gasteiger partial charge >= 0.3 is 5.97 Å². The van der Waals surface area contributed by atoms with Gasteiger partial charge in [-0.3, -0.25) is 4.79 Å². The third-order valence-corrected chi connectivity index (χ3v) is 1.76. The maximum atomic E-state index is 11.1. The molecule has 0 aliphatic carbocycles. The van der Waals surface area contributed by atoms with E-state index < -0.39 is 5.97 Å². The minimum absolute atomic E-state index is 0.0326. The van der Waals surface area contributed by atoms with Gasteiger partial charge in [0.05, 0.1) is 7.11 Å². The number of halogens is 1. The molecule has 0 aromatic carbocycles. The van der Waals surface area contributed by atoms with E-state index in [0.29, 0.717) is 0 Å². The highest BCUT2D eigenvalue weighted by Crippen LogP contribution is 2.12. The number of hydrogen-bond acceptors (Lipinski definition) is 4. The number of pyridine rings is 1. The Hall–Kier alpha value is -1.42. The van der Waals surface area contributed by atoms with Crippen LogP contribution in [0.4, 0.5) is 0 Å². The van der Waals surface area contributed by atoms with E-state index in [0.717, 1.165) is 0 Å². The first kappa shape index (κ1) is 10.7. The minimum Gasteiger partial charge on any atom is -0.464 e. The SMILES string of the molecule is COC(=O)c1cc(Cl)cc(C(C)=O)n1. The fraction of sp³-hybridized carbons (Fsp3) is 0.222. The van der Waals surface area contributed by atoms with Gasteiger partial charge in [-0.25, -0.2) is 9.78 Å². The lowest BCUT2D eigenvalue weighted by atomic mass is 10.2. The lowest BCUT2D eigenvalue weighted by molar-refractivity contribution is 0.0594. The summed E-state index contributed by atoms with van der Waals surface area (Å²) in [6.45, 7) is 1.35. The molecule has 1 aromatic heterocycles. The van der Waals surface area contributed by atoms with E-state index in [-0.39, 0.29) is 22.2 Å². The summed E-state index contributed by atoms with van der Waals surface area (Å²) in [6.07, 6.45) is 0. The molecule has 0 saturated heterocycles. The lowest BCUT2D eigenvalue weighted by Crippen LogP contribution is -2.07. The zero-order chi connectivity index (χ0) is 10.7. The van der Waals surface area contributed by atoms with E-state index in [2.05, 4.69) is 9.72 Å². The van der Waals surface area contributed by atoms with E-state index >= 15 is 0 Å². The number of carbonyl (C=O) groups is 2. The number of esters is 1. The average Bonchev–Trinajstić information content (AvgIpc) is 2.15. The summed E-state index contributed by atoms with van der Waals surface area (Å²) >= 11 is 5.70. The molecule has 0 atom stereocenters. The number of rotatable bonds is 2. The Balaban J connectivity index is 3.20. The maximum absolute atomic E-state index is 11.1. The topological polar surface area (TPSA) is 56.3 Å². The van der Waals surface area contributed by atoms with Crippen molar-refractivity contribution in [3.63, 3.8) is 0 Å². The second-order valence-electron chi connectivity index (χ2n) is 2.60. The summed E-state index contributed by atoms with van der Waals surface area (Å²) in [6, 6.07) is 2.75. The number of ketones is 1. The van der Waals surface area contributed by atoms with Crippen LogP contribution in [0.25, 0.3) is 0 Å². The highest BCUT2D eigenvalue weighted by molar-refractivity contribution is 6.31. The van der Waals surface area contributed by atoms with Gasteiger partial charge in [0.1, 0.15) is 5.69 Å². The van der Waals surface area contributed by atoms with E-state index in [1.54, 1.807) is 0 Å². The molecule has 0 unspecified atom stereocenters. The molecule has 0 saturated carbocycles. The second-order valence-corrected chi connectivity index (χ2v) is 3.04. The van der Waals surface area contributed by atoms with Gasteiger partial charge in [0, 0.05) is 11.9 Å². The Morgan fingerprint density at radius 2 is 1.93 bits per heavy atom. The van der Waals surface area contributed by atoms with Gasteiger partial charge in [0.2, 0.25) is 0 Å². The molecule has 74 valence electrons. The van der Waals surface area contributed by atoms with Crippen molar-refractivity contribution in [2.75, 3.05) is 7.11 Å². The van der Waals surface area contributed by atoms with Crippen molar-refractivity contribution in [2.45, 2.75) is 6.92 Å². The van der Waals surface area contributed by atoms with Crippen LogP contribution < -0.4 is 0 Å². The van der Waals surface area contributed by atoms with E-state index in [1.165, 1.54) is 26.2 Å². The normalized spacial score (nSPS) is 9.64. The van der Waals surface area contributed by atoms with Crippen molar-refractivity contribution in [3.8, 4) is 0 Å². The predicted octanol–water partition coefficient (Wildman–Crippen LogP) is 1.72. The third-order valence-electron chi connectivity index (χ3n) is 1.55. The van der Waals surface area contributed by atoms with Gasteiger partial charge in [0.25, 0.3) is 0 Å². The molecule has 0 fully saturated rings. The summed E-state index contributed by atoms with van der Waals surface area (Å²) in [5.41, 5.74) is 0.183. The van der Waals surface area contributed by atoms with Crippen LogP contribution in [-0.2, 0) is 4.74 Å². The predicted molar refractivity (Wildman–Crippen MR) is 50.6 cm³/mol. The largest absolute Gasteiger partial charge is 0.464 e. The summed E-state index contributed by atoms with van der Waals surface area (Å²) in [5.74, 6) is -0.868. The highest BCUT2D eigenvalue weighted by Gasteiger charge is 2.11. The van der Waals surface area contributed by atoms with E-state index in [1.807, 2.05) is 0 Å². The van der Waals surface area contributed by atoms with Gasteiger partial charge in [-0.05, 0) is 12.1 Å². The first-order chi connectivity index (χ1) is 6.54. The quantitative estimate of drug-likeness (QED) is 0.555. The minimum atomic E-state index is -0.616. The van der Waals surface area contributed by atoms with Gasteiger partial charge < -0.3 is 4.74 Å². The van der Waals surface area contributed by atoms with Gasteiger partial charge in [-0.1, -0.05) is 11.6 Å². The molecule has 1 rings (SSSR count). The van der Waals surface area contributed by atoms with Crippen molar-refractivity contribution in [3.05, 3.63) is 28.5 Å². The molecule has 0 radical (unpaired) electrons. The zero-order valence-electron chi connectivity index (χ0n) is 7.70. The molecule has 0 bridgehead atoms. The Morgan fingerprint density at radius 3 is 2.43 bits per heavy atom. The maximum Gasteiger partial charge on any atom is 0.356 e. The fourth-order valence-corrected chi connectivity index (χ4v) is 1.09. The van der Waals surface area contributed by atoms with E-state index in [4.69, 9.17) is 11.6 Å². The number of ether oxygens (including phenoxy) is 1. The molecule has 0 N–H and O–H groups in total. The Kier molecular flexibility index (Phi) is 3.19. The van der Waals surface area contributed by atoms with Crippen molar-refractivity contribution >= 4 is 23.4 Å². The molecular formula is C9H8ClNO3. The van der Waals surface area contributed by atoms with E-state index in [9.17, 15) is 9.59 Å². The number of aromatic nitrogens is 1. The Morgan fingerprint density at radius 1 is 1.36 bits per heavy atom. The Bertz CT molecular complexity index is 390. The number of Topliss-reactive ketones (excluding diaryl/α,β-unsaturated/α-hetero) is 1. The number of methoxy groups -OCH3 is 1. The standard InChI is InChI=1S/C9H8ClNO3/c1-5(12)7-3-6(10)4-8(11-7)9(13)14-2/h3-4H,1-2H3. The van der Waals surface area contributed by atoms with Crippen LogP contribution in [-0.4, -0.2) is 23.8 Å². The first-order valence-electron chi connectivity index (χ1n) is 3.81. The van der Waals surface area contributed by atoms with Crippen LogP contribution in [0.2, 0.25) is 5.02 Å². The zero-order valence-corrected chi connectivity index (χ0v) is 8.46. The number of hydrogen-bond donors (Lipinski definition) is 0. The smallest absolute Gasteiger partial charge is 0.356 e. The van der Waals surface area contributed by atoms with Crippen molar-refractivity contribution in [1.82, 2.24) is 4.98 Å². The molecule has 0 aliphatic rings. The molecule has 1 aromatic rings. The molecule has 0 aliphatic heterocycles. The fourth-order valence-electron chi connectivity index (χ4n) is 0.887. The monoisotopic (exact) mass is 213 g/mol. The van der Waals surface area contributed by atoms with Crippen LogP contribution in [0.5, 0.6) is 0 Å². The molecule has 4 nitrogen and oxygen atoms in total. The summed E-state index contributed by atoms with van der Waals surface area (Å²) in [7, 11) is 1.23.